The second-order valence-corrected chi connectivity index (χ2v) is 4.97. The van der Waals surface area contributed by atoms with Crippen LogP contribution in [0, 0.1) is 0 Å². The quantitative estimate of drug-likeness (QED) is 0.340. The fraction of sp³-hybridized carbons (Fsp3) is 0.278. The molecule has 0 radical (unpaired) electrons. The molecule has 5 heteroatoms. The Kier molecular flexibility index (Phi) is 6.59. The zero-order valence-electron chi connectivity index (χ0n) is 13.2. The first-order chi connectivity index (χ1) is 11.2. The molecule has 2 aromatic carbocycles. The average molecular weight is 314 g/mol. The predicted molar refractivity (Wildman–Crippen MR) is 90.1 cm³/mol. The van der Waals surface area contributed by atoms with E-state index >= 15 is 0 Å². The third-order valence-electron chi connectivity index (χ3n) is 3.37. The van der Waals surface area contributed by atoms with Crippen molar-refractivity contribution < 1.29 is 14.3 Å². The molecule has 0 aliphatic rings. The summed E-state index contributed by atoms with van der Waals surface area (Å²) in [5.41, 5.74) is 4.74. The first-order valence-electron chi connectivity index (χ1n) is 7.66. The van der Waals surface area contributed by atoms with Crippen LogP contribution in [0.5, 0.6) is 5.75 Å². The molecule has 0 saturated carbocycles. The number of hydrogen-bond donors (Lipinski definition) is 2. The molecular weight excluding hydrogens is 292 g/mol. The molecule has 23 heavy (non-hydrogen) atoms. The van der Waals surface area contributed by atoms with Crippen molar-refractivity contribution in [3.8, 4) is 16.9 Å². The second kappa shape index (κ2) is 8.92. The number of carbonyl (C=O) groups is 1. The van der Waals surface area contributed by atoms with E-state index < -0.39 is 0 Å². The number of nitrogen functional groups attached to an aromatic ring is 1. The van der Waals surface area contributed by atoms with Crippen molar-refractivity contribution in [1.29, 1.82) is 0 Å². The van der Waals surface area contributed by atoms with Crippen LogP contribution in [0.25, 0.3) is 11.1 Å². The number of hydrazine groups is 1. The van der Waals surface area contributed by atoms with E-state index in [4.69, 9.17) is 15.3 Å². The molecule has 0 aromatic heterocycles. The highest BCUT2D eigenvalue weighted by Gasteiger charge is 2.04. The predicted octanol–water partition coefficient (Wildman–Crippen LogP) is 2.76. The third kappa shape index (κ3) is 5.09. The van der Waals surface area contributed by atoms with E-state index in [1.807, 2.05) is 43.3 Å². The number of carbonyl (C=O) groups excluding carboxylic acids is 1. The summed E-state index contributed by atoms with van der Waals surface area (Å²) in [4.78, 5) is 11.4. The Morgan fingerprint density at radius 2 is 1.61 bits per heavy atom. The largest absolute Gasteiger partial charge is 0.494 e. The van der Waals surface area contributed by atoms with Crippen molar-refractivity contribution in [2.75, 3.05) is 19.8 Å². The van der Waals surface area contributed by atoms with Crippen molar-refractivity contribution in [2.45, 2.75) is 13.3 Å². The number of ether oxygens (including phenoxy) is 2. The Labute approximate surface area is 136 Å². The maximum Gasteiger partial charge on any atom is 0.265 e. The van der Waals surface area contributed by atoms with E-state index in [1.165, 1.54) is 0 Å². The van der Waals surface area contributed by atoms with E-state index in [2.05, 4.69) is 5.43 Å². The van der Waals surface area contributed by atoms with Gasteiger partial charge < -0.3 is 9.47 Å². The van der Waals surface area contributed by atoms with E-state index in [9.17, 15) is 4.79 Å². The first kappa shape index (κ1) is 17.0. The van der Waals surface area contributed by atoms with Crippen LogP contribution in [0.2, 0.25) is 0 Å². The van der Waals surface area contributed by atoms with Gasteiger partial charge in [0, 0.05) is 25.2 Å². The standard InChI is InChI=1S/C18H22N2O3/c1-2-22-12-3-13-23-17-10-8-15(9-11-17)14-4-6-16(7-5-14)18(21)20-19/h4-11H,2-3,12-13,19H2,1H3,(H,20,21). The molecule has 3 N–H and O–H groups in total. The summed E-state index contributed by atoms with van der Waals surface area (Å²) in [6, 6.07) is 15.1. The van der Waals surface area contributed by atoms with Crippen LogP contribution >= 0.6 is 0 Å². The summed E-state index contributed by atoms with van der Waals surface area (Å²) in [5, 5.41) is 0. The van der Waals surface area contributed by atoms with Crippen molar-refractivity contribution >= 4 is 5.91 Å². The minimum Gasteiger partial charge on any atom is -0.494 e. The van der Waals surface area contributed by atoms with Gasteiger partial charge in [0.05, 0.1) is 6.61 Å². The molecule has 0 heterocycles. The molecule has 0 unspecified atom stereocenters. The number of hydrogen-bond acceptors (Lipinski definition) is 4. The highest BCUT2D eigenvalue weighted by molar-refractivity contribution is 5.94. The lowest BCUT2D eigenvalue weighted by Crippen LogP contribution is -2.29. The summed E-state index contributed by atoms with van der Waals surface area (Å²) in [7, 11) is 0. The topological polar surface area (TPSA) is 73.6 Å². The van der Waals surface area contributed by atoms with Gasteiger partial charge >= 0.3 is 0 Å². The van der Waals surface area contributed by atoms with E-state index in [1.54, 1.807) is 12.1 Å². The molecular formula is C18H22N2O3. The maximum atomic E-state index is 11.4. The van der Waals surface area contributed by atoms with Gasteiger partial charge in [-0.1, -0.05) is 24.3 Å². The smallest absolute Gasteiger partial charge is 0.265 e. The third-order valence-corrected chi connectivity index (χ3v) is 3.37. The molecule has 2 rings (SSSR count). The Morgan fingerprint density at radius 3 is 2.17 bits per heavy atom. The van der Waals surface area contributed by atoms with Gasteiger partial charge in [0.25, 0.3) is 5.91 Å². The lowest BCUT2D eigenvalue weighted by molar-refractivity contribution is 0.0953. The van der Waals surface area contributed by atoms with E-state index in [0.717, 1.165) is 36.5 Å². The van der Waals surface area contributed by atoms with Gasteiger partial charge in [-0.2, -0.15) is 0 Å². The molecule has 0 aliphatic carbocycles. The van der Waals surface area contributed by atoms with Crippen molar-refractivity contribution in [1.82, 2.24) is 5.43 Å². The highest BCUT2D eigenvalue weighted by atomic mass is 16.5. The lowest BCUT2D eigenvalue weighted by atomic mass is 10.0. The van der Waals surface area contributed by atoms with Crippen LogP contribution in [-0.4, -0.2) is 25.7 Å². The monoisotopic (exact) mass is 314 g/mol. The lowest BCUT2D eigenvalue weighted by Gasteiger charge is -2.08. The summed E-state index contributed by atoms with van der Waals surface area (Å²) < 4.78 is 10.9. The Morgan fingerprint density at radius 1 is 1.00 bits per heavy atom. The van der Waals surface area contributed by atoms with E-state index in [-0.39, 0.29) is 5.91 Å². The molecule has 1 amide bonds. The number of benzene rings is 2. The molecule has 0 atom stereocenters. The van der Waals surface area contributed by atoms with Crippen molar-refractivity contribution in [3.63, 3.8) is 0 Å². The van der Waals surface area contributed by atoms with Crippen LogP contribution < -0.4 is 16.0 Å². The zero-order valence-corrected chi connectivity index (χ0v) is 13.2. The SMILES string of the molecule is CCOCCCOc1ccc(-c2ccc(C(=O)NN)cc2)cc1. The summed E-state index contributed by atoms with van der Waals surface area (Å²) in [6.45, 7) is 4.08. The fourth-order valence-electron chi connectivity index (χ4n) is 2.14. The summed E-state index contributed by atoms with van der Waals surface area (Å²) in [6.07, 6.45) is 0.875. The number of rotatable bonds is 8. The van der Waals surface area contributed by atoms with Crippen molar-refractivity contribution in [2.24, 2.45) is 5.84 Å². The van der Waals surface area contributed by atoms with Gasteiger partial charge in [-0.25, -0.2) is 5.84 Å². The van der Waals surface area contributed by atoms with E-state index in [0.29, 0.717) is 12.2 Å². The Bertz CT molecular complexity index is 609. The average Bonchev–Trinajstić information content (AvgIpc) is 2.61. The molecule has 0 spiro atoms. The molecule has 0 bridgehead atoms. The fourth-order valence-corrected chi connectivity index (χ4v) is 2.14. The first-order valence-corrected chi connectivity index (χ1v) is 7.66. The highest BCUT2D eigenvalue weighted by Crippen LogP contribution is 2.23. The van der Waals surface area contributed by atoms with Crippen LogP contribution in [0.4, 0.5) is 0 Å². The summed E-state index contributed by atoms with van der Waals surface area (Å²) >= 11 is 0. The second-order valence-electron chi connectivity index (χ2n) is 4.97. The normalized spacial score (nSPS) is 10.3. The van der Waals surface area contributed by atoms with Crippen LogP contribution in [0.15, 0.2) is 48.5 Å². The molecule has 0 aliphatic heterocycles. The van der Waals surface area contributed by atoms with Crippen molar-refractivity contribution in [3.05, 3.63) is 54.1 Å². The number of nitrogens with two attached hydrogens (primary N) is 1. The van der Waals surface area contributed by atoms with Crippen LogP contribution in [-0.2, 0) is 4.74 Å². The minimum absolute atomic E-state index is 0.299. The number of amides is 1. The van der Waals surface area contributed by atoms with Crippen LogP contribution in [0.1, 0.15) is 23.7 Å². The molecule has 2 aromatic rings. The van der Waals surface area contributed by atoms with Gasteiger partial charge in [0.1, 0.15) is 5.75 Å². The van der Waals surface area contributed by atoms with Gasteiger partial charge in [0.2, 0.25) is 0 Å². The molecule has 0 fully saturated rings. The van der Waals surface area contributed by atoms with Gasteiger partial charge in [-0.15, -0.1) is 0 Å². The molecule has 0 saturated heterocycles. The van der Waals surface area contributed by atoms with Gasteiger partial charge in [-0.05, 0) is 42.3 Å². The van der Waals surface area contributed by atoms with Gasteiger partial charge in [-0.3, -0.25) is 10.2 Å². The van der Waals surface area contributed by atoms with Gasteiger partial charge in [0.15, 0.2) is 0 Å². The molecule has 5 nitrogen and oxygen atoms in total. The van der Waals surface area contributed by atoms with Crippen LogP contribution in [0.3, 0.4) is 0 Å². The Balaban J connectivity index is 1.92. The zero-order chi connectivity index (χ0) is 16.5. The maximum absolute atomic E-state index is 11.4. The number of nitrogens with one attached hydrogen (secondary N) is 1. The Hall–Kier alpha value is -2.37. The minimum atomic E-state index is -0.299. The molecule has 122 valence electrons. The summed E-state index contributed by atoms with van der Waals surface area (Å²) in [5.74, 6) is 5.65.